The van der Waals surface area contributed by atoms with Gasteiger partial charge in [-0.25, -0.2) is 13.4 Å². The molecular formula is C27H27N5O3S2. The second-order valence-electron chi connectivity index (χ2n) is 7.98. The molecule has 4 rings (SSSR count). The van der Waals surface area contributed by atoms with E-state index in [0.29, 0.717) is 35.3 Å². The molecule has 0 aliphatic rings. The maximum atomic E-state index is 12.8. The molecule has 0 spiro atoms. The highest BCUT2D eigenvalue weighted by molar-refractivity contribution is 7.99. The van der Waals surface area contributed by atoms with Crippen molar-refractivity contribution in [1.82, 2.24) is 19.5 Å². The second-order valence-corrected chi connectivity index (χ2v) is 10.9. The molecule has 4 aromatic rings. The van der Waals surface area contributed by atoms with Gasteiger partial charge in [-0.1, -0.05) is 92.3 Å². The maximum absolute atomic E-state index is 12.8. The molecule has 37 heavy (non-hydrogen) atoms. The zero-order chi connectivity index (χ0) is 26.3. The lowest BCUT2D eigenvalue weighted by atomic mass is 10.0. The summed E-state index contributed by atoms with van der Waals surface area (Å²) in [6.07, 6.45) is 0. The molecule has 1 heterocycles. The Labute approximate surface area is 221 Å². The minimum absolute atomic E-state index is 0.0353. The number of carbonyl (C=O) groups is 1. The molecule has 0 aliphatic carbocycles. The number of sulfonamides is 1. The van der Waals surface area contributed by atoms with E-state index in [0.717, 1.165) is 22.9 Å². The van der Waals surface area contributed by atoms with Gasteiger partial charge in [0.1, 0.15) is 11.4 Å². The number of thioether (sulfide) groups is 1. The molecule has 0 aliphatic heterocycles. The Morgan fingerprint density at radius 3 is 2.08 bits per heavy atom. The molecular weight excluding hydrogens is 506 g/mol. The van der Waals surface area contributed by atoms with Gasteiger partial charge in [-0.2, -0.15) is 4.31 Å². The molecule has 0 unspecified atom stereocenters. The normalized spacial score (nSPS) is 11.4. The lowest BCUT2D eigenvalue weighted by Crippen LogP contribution is -2.30. The lowest BCUT2D eigenvalue weighted by Gasteiger charge is -2.18. The van der Waals surface area contributed by atoms with Crippen molar-refractivity contribution in [1.29, 1.82) is 0 Å². The van der Waals surface area contributed by atoms with Gasteiger partial charge >= 0.3 is 0 Å². The van der Waals surface area contributed by atoms with E-state index in [1.54, 1.807) is 26.0 Å². The summed E-state index contributed by atoms with van der Waals surface area (Å²) in [6.45, 7) is 4.31. The molecule has 8 nitrogen and oxygen atoms in total. The van der Waals surface area contributed by atoms with Crippen molar-refractivity contribution in [3.05, 3.63) is 84.9 Å². The summed E-state index contributed by atoms with van der Waals surface area (Å²) in [4.78, 5) is 17.5. The Balaban J connectivity index is 1.50. The zero-order valence-corrected chi connectivity index (χ0v) is 22.2. The van der Waals surface area contributed by atoms with E-state index in [2.05, 4.69) is 15.5 Å². The third kappa shape index (κ3) is 6.40. The number of benzene rings is 3. The summed E-state index contributed by atoms with van der Waals surface area (Å²) in [5.41, 5.74) is 3.54. The molecule has 10 heteroatoms. The number of rotatable bonds is 10. The quantitative estimate of drug-likeness (QED) is 0.287. The fraction of sp³-hybridized carbons (Fsp3) is 0.185. The molecule has 0 bridgehead atoms. The summed E-state index contributed by atoms with van der Waals surface area (Å²) in [6, 6.07) is 25.7. The van der Waals surface area contributed by atoms with Crippen LogP contribution in [0, 0.1) is 0 Å². The minimum Gasteiger partial charge on any atom is -0.325 e. The molecule has 3 aromatic carbocycles. The largest absolute Gasteiger partial charge is 0.325 e. The van der Waals surface area contributed by atoms with Crippen LogP contribution in [0.5, 0.6) is 0 Å². The van der Waals surface area contributed by atoms with Crippen molar-refractivity contribution in [2.24, 2.45) is 0 Å². The smallest absolute Gasteiger partial charge is 0.243 e. The second kappa shape index (κ2) is 12.1. The van der Waals surface area contributed by atoms with Crippen LogP contribution in [0.4, 0.5) is 5.69 Å². The molecule has 0 saturated heterocycles. The average molecular weight is 534 g/mol. The molecule has 1 amide bonds. The van der Waals surface area contributed by atoms with Crippen molar-refractivity contribution in [3.8, 4) is 22.5 Å². The topological polar surface area (TPSA) is 105 Å². The summed E-state index contributed by atoms with van der Waals surface area (Å²) >= 11 is 1.16. The van der Waals surface area contributed by atoms with Crippen molar-refractivity contribution >= 4 is 33.4 Å². The first-order valence-corrected chi connectivity index (χ1v) is 14.2. The molecule has 0 fully saturated rings. The van der Waals surface area contributed by atoms with E-state index in [1.807, 2.05) is 60.7 Å². The van der Waals surface area contributed by atoms with Gasteiger partial charge in [0.2, 0.25) is 21.1 Å². The summed E-state index contributed by atoms with van der Waals surface area (Å²) < 4.78 is 27.0. The van der Waals surface area contributed by atoms with E-state index in [9.17, 15) is 13.2 Å². The molecule has 0 radical (unpaired) electrons. The van der Waals surface area contributed by atoms with Crippen LogP contribution in [0.1, 0.15) is 13.8 Å². The number of hydrogen-bond donors (Lipinski definition) is 1. The fourth-order valence-electron chi connectivity index (χ4n) is 3.73. The Kier molecular flexibility index (Phi) is 8.65. The van der Waals surface area contributed by atoms with Gasteiger partial charge in [-0.3, -0.25) is 4.79 Å². The Morgan fingerprint density at radius 2 is 1.46 bits per heavy atom. The van der Waals surface area contributed by atoms with Crippen LogP contribution in [-0.4, -0.2) is 52.7 Å². The lowest BCUT2D eigenvalue weighted by molar-refractivity contribution is -0.113. The minimum atomic E-state index is -3.62. The van der Waals surface area contributed by atoms with E-state index in [4.69, 9.17) is 4.98 Å². The Bertz CT molecular complexity index is 1460. The van der Waals surface area contributed by atoms with Gasteiger partial charge in [0.25, 0.3) is 0 Å². The summed E-state index contributed by atoms with van der Waals surface area (Å²) in [5, 5.41) is 11.8. The summed E-state index contributed by atoms with van der Waals surface area (Å²) in [5.74, 6) is -0.271. The predicted molar refractivity (Wildman–Crippen MR) is 147 cm³/mol. The first-order chi connectivity index (χ1) is 17.9. The van der Waals surface area contributed by atoms with E-state index < -0.39 is 10.0 Å². The van der Waals surface area contributed by atoms with Crippen LogP contribution in [-0.2, 0) is 14.8 Å². The highest BCUT2D eigenvalue weighted by Crippen LogP contribution is 2.29. The SMILES string of the molecule is CCN(CC)S(=O)(=O)c1cccc(NC(=O)CSc2nnc(-c3ccccc3)c(-c3ccccc3)n2)c1. The van der Waals surface area contributed by atoms with Crippen molar-refractivity contribution in [3.63, 3.8) is 0 Å². The highest BCUT2D eigenvalue weighted by Gasteiger charge is 2.22. The van der Waals surface area contributed by atoms with Crippen LogP contribution >= 0.6 is 11.8 Å². The van der Waals surface area contributed by atoms with Gasteiger partial charge in [0.15, 0.2) is 0 Å². The first kappa shape index (κ1) is 26.5. The Morgan fingerprint density at radius 1 is 0.838 bits per heavy atom. The standard InChI is InChI=1S/C27H27N5O3S2/c1-3-32(4-2)37(34,35)23-17-11-16-22(18-23)28-24(33)19-36-27-29-25(20-12-7-5-8-13-20)26(30-31-27)21-14-9-6-10-15-21/h5-18H,3-4,19H2,1-2H3,(H,28,33). The molecule has 1 N–H and O–H groups in total. The van der Waals surface area contributed by atoms with Gasteiger partial charge in [0, 0.05) is 29.9 Å². The van der Waals surface area contributed by atoms with Crippen LogP contribution < -0.4 is 5.32 Å². The Hall–Kier alpha value is -3.60. The number of nitrogens with one attached hydrogen (secondary N) is 1. The fourth-order valence-corrected chi connectivity index (χ4v) is 5.83. The molecule has 1 aromatic heterocycles. The number of hydrogen-bond acceptors (Lipinski definition) is 7. The third-order valence-corrected chi connectivity index (χ3v) is 8.44. The van der Waals surface area contributed by atoms with Gasteiger partial charge in [0.05, 0.1) is 10.6 Å². The molecule has 190 valence electrons. The number of amides is 1. The number of carbonyl (C=O) groups excluding carboxylic acids is 1. The van der Waals surface area contributed by atoms with Crippen molar-refractivity contribution < 1.29 is 13.2 Å². The van der Waals surface area contributed by atoms with E-state index >= 15 is 0 Å². The number of anilines is 1. The van der Waals surface area contributed by atoms with Gasteiger partial charge in [-0.15, -0.1) is 10.2 Å². The van der Waals surface area contributed by atoms with Crippen LogP contribution in [0.25, 0.3) is 22.5 Å². The average Bonchev–Trinajstić information content (AvgIpc) is 2.93. The predicted octanol–water partition coefficient (Wildman–Crippen LogP) is 4.97. The van der Waals surface area contributed by atoms with Gasteiger partial charge < -0.3 is 5.32 Å². The third-order valence-electron chi connectivity index (χ3n) is 5.56. The highest BCUT2D eigenvalue weighted by atomic mass is 32.2. The zero-order valence-electron chi connectivity index (χ0n) is 20.5. The van der Waals surface area contributed by atoms with E-state index in [1.165, 1.54) is 16.4 Å². The number of aromatic nitrogens is 3. The first-order valence-electron chi connectivity index (χ1n) is 11.8. The van der Waals surface area contributed by atoms with E-state index in [-0.39, 0.29) is 16.6 Å². The maximum Gasteiger partial charge on any atom is 0.243 e. The monoisotopic (exact) mass is 533 g/mol. The molecule has 0 atom stereocenters. The van der Waals surface area contributed by atoms with Crippen molar-refractivity contribution in [2.75, 3.05) is 24.2 Å². The van der Waals surface area contributed by atoms with Crippen LogP contribution in [0.15, 0.2) is 95.0 Å². The van der Waals surface area contributed by atoms with Crippen LogP contribution in [0.2, 0.25) is 0 Å². The summed E-state index contributed by atoms with van der Waals surface area (Å²) in [7, 11) is -3.62. The van der Waals surface area contributed by atoms with Crippen molar-refractivity contribution in [2.45, 2.75) is 23.9 Å². The number of nitrogens with zero attached hydrogens (tertiary/aromatic N) is 4. The van der Waals surface area contributed by atoms with Crippen LogP contribution in [0.3, 0.4) is 0 Å². The van der Waals surface area contributed by atoms with Gasteiger partial charge in [-0.05, 0) is 18.2 Å². The molecule has 0 saturated carbocycles.